The molecule has 4 heteroatoms. The Morgan fingerprint density at radius 3 is 2.95 bits per heavy atom. The molecule has 110 valence electrons. The van der Waals surface area contributed by atoms with E-state index in [1.807, 2.05) is 17.0 Å². The zero-order valence-corrected chi connectivity index (χ0v) is 12.4. The van der Waals surface area contributed by atoms with Gasteiger partial charge in [-0.25, -0.2) is 0 Å². The molecule has 1 aromatic carbocycles. The Kier molecular flexibility index (Phi) is 4.65. The molecule has 0 aliphatic carbocycles. The molecule has 20 heavy (non-hydrogen) atoms. The second kappa shape index (κ2) is 6.27. The lowest BCUT2D eigenvalue weighted by Gasteiger charge is -2.28. The molecule has 0 aromatic heterocycles. The molecule has 0 amide bonds. The van der Waals surface area contributed by atoms with Crippen molar-refractivity contribution in [1.29, 1.82) is 0 Å². The average Bonchev–Trinajstić information content (AvgIpc) is 2.77. The monoisotopic (exact) mass is 277 g/mol. The van der Waals surface area contributed by atoms with E-state index in [1.54, 1.807) is 0 Å². The first kappa shape index (κ1) is 14.9. The standard InChI is InChI=1S/C16H23NO3/c1-4-12(3)17(10-16(18)19)9-14-8-13-7-11(2)5-6-15(13)20-14/h5-7,12,14H,4,8-10H2,1-3H3,(H,18,19). The molecular weight excluding hydrogens is 254 g/mol. The van der Waals surface area contributed by atoms with Gasteiger partial charge >= 0.3 is 5.97 Å². The zero-order chi connectivity index (χ0) is 14.7. The van der Waals surface area contributed by atoms with Gasteiger partial charge in [0.2, 0.25) is 0 Å². The molecule has 1 heterocycles. The topological polar surface area (TPSA) is 49.8 Å². The second-order valence-electron chi connectivity index (χ2n) is 5.64. The zero-order valence-electron chi connectivity index (χ0n) is 12.4. The van der Waals surface area contributed by atoms with Crippen LogP contribution in [0.15, 0.2) is 18.2 Å². The molecule has 2 atom stereocenters. The van der Waals surface area contributed by atoms with Crippen LogP contribution in [-0.4, -0.2) is 41.2 Å². The van der Waals surface area contributed by atoms with Crippen LogP contribution in [0, 0.1) is 6.92 Å². The van der Waals surface area contributed by atoms with E-state index >= 15 is 0 Å². The van der Waals surface area contributed by atoms with Crippen molar-refractivity contribution in [3.63, 3.8) is 0 Å². The summed E-state index contributed by atoms with van der Waals surface area (Å²) in [6, 6.07) is 6.46. The quantitative estimate of drug-likeness (QED) is 0.868. The fraction of sp³-hybridized carbons (Fsp3) is 0.562. The highest BCUT2D eigenvalue weighted by Crippen LogP contribution is 2.30. The summed E-state index contributed by atoms with van der Waals surface area (Å²) in [5.74, 6) is 0.164. The second-order valence-corrected chi connectivity index (χ2v) is 5.64. The first-order valence-corrected chi connectivity index (χ1v) is 7.21. The van der Waals surface area contributed by atoms with E-state index in [0.29, 0.717) is 6.54 Å². The SMILES string of the molecule is CCC(C)N(CC(=O)O)CC1Cc2cc(C)ccc2O1. The molecule has 0 saturated carbocycles. The number of fused-ring (bicyclic) bond motifs is 1. The van der Waals surface area contributed by atoms with Crippen LogP contribution in [0.2, 0.25) is 0 Å². The lowest BCUT2D eigenvalue weighted by atomic mass is 10.1. The number of aryl methyl sites for hydroxylation is 1. The van der Waals surface area contributed by atoms with Gasteiger partial charge in [-0.1, -0.05) is 24.6 Å². The van der Waals surface area contributed by atoms with Crippen molar-refractivity contribution in [1.82, 2.24) is 4.90 Å². The lowest BCUT2D eigenvalue weighted by molar-refractivity contribution is -0.139. The number of hydrogen-bond donors (Lipinski definition) is 1. The van der Waals surface area contributed by atoms with Gasteiger partial charge in [-0.15, -0.1) is 0 Å². The summed E-state index contributed by atoms with van der Waals surface area (Å²) in [6.45, 7) is 6.95. The Bertz CT molecular complexity index is 487. The Labute approximate surface area is 120 Å². The third kappa shape index (κ3) is 3.51. The van der Waals surface area contributed by atoms with Crippen LogP contribution < -0.4 is 4.74 Å². The van der Waals surface area contributed by atoms with Crippen molar-refractivity contribution in [3.8, 4) is 5.75 Å². The molecule has 2 unspecified atom stereocenters. The summed E-state index contributed by atoms with van der Waals surface area (Å²) in [5.41, 5.74) is 2.46. The first-order valence-electron chi connectivity index (χ1n) is 7.21. The molecule has 0 spiro atoms. The fourth-order valence-corrected chi connectivity index (χ4v) is 2.64. The van der Waals surface area contributed by atoms with E-state index in [0.717, 1.165) is 18.6 Å². The maximum absolute atomic E-state index is 11.0. The number of hydrogen-bond acceptors (Lipinski definition) is 3. The predicted molar refractivity (Wildman–Crippen MR) is 78.3 cm³/mol. The molecule has 0 radical (unpaired) electrons. The number of rotatable bonds is 6. The minimum absolute atomic E-state index is 0.0557. The van der Waals surface area contributed by atoms with Gasteiger partial charge in [0.05, 0.1) is 6.54 Å². The number of aliphatic carboxylic acids is 1. The number of carboxylic acid groups (broad SMARTS) is 1. The molecule has 1 aliphatic rings. The number of carboxylic acids is 1. The van der Waals surface area contributed by atoms with Gasteiger partial charge in [0.15, 0.2) is 0 Å². The number of carbonyl (C=O) groups is 1. The summed E-state index contributed by atoms with van der Waals surface area (Å²) in [6.07, 6.45) is 1.86. The summed E-state index contributed by atoms with van der Waals surface area (Å²) < 4.78 is 5.93. The van der Waals surface area contributed by atoms with E-state index in [4.69, 9.17) is 9.84 Å². The highest BCUT2D eigenvalue weighted by Gasteiger charge is 2.27. The summed E-state index contributed by atoms with van der Waals surface area (Å²) in [4.78, 5) is 13.0. The van der Waals surface area contributed by atoms with E-state index < -0.39 is 5.97 Å². The van der Waals surface area contributed by atoms with E-state index in [2.05, 4.69) is 26.8 Å². The molecule has 1 N–H and O–H groups in total. The van der Waals surface area contributed by atoms with Gasteiger partial charge in [-0.3, -0.25) is 9.69 Å². The van der Waals surface area contributed by atoms with Crippen LogP contribution in [0.5, 0.6) is 5.75 Å². The van der Waals surface area contributed by atoms with Gasteiger partial charge < -0.3 is 9.84 Å². The fourth-order valence-electron chi connectivity index (χ4n) is 2.64. The van der Waals surface area contributed by atoms with E-state index in [-0.39, 0.29) is 18.7 Å². The van der Waals surface area contributed by atoms with Crippen molar-refractivity contribution < 1.29 is 14.6 Å². The van der Waals surface area contributed by atoms with Gasteiger partial charge in [-0.05, 0) is 31.9 Å². The molecule has 4 nitrogen and oxygen atoms in total. The van der Waals surface area contributed by atoms with Crippen molar-refractivity contribution in [2.75, 3.05) is 13.1 Å². The Balaban J connectivity index is 2.01. The van der Waals surface area contributed by atoms with Gasteiger partial charge in [0, 0.05) is 19.0 Å². The van der Waals surface area contributed by atoms with Crippen molar-refractivity contribution >= 4 is 5.97 Å². The molecule has 1 aromatic rings. The number of nitrogens with zero attached hydrogens (tertiary/aromatic N) is 1. The molecule has 0 bridgehead atoms. The minimum atomic E-state index is -0.781. The van der Waals surface area contributed by atoms with Crippen LogP contribution in [0.25, 0.3) is 0 Å². The molecule has 1 aliphatic heterocycles. The van der Waals surface area contributed by atoms with Crippen LogP contribution in [0.1, 0.15) is 31.4 Å². The minimum Gasteiger partial charge on any atom is -0.488 e. The Hall–Kier alpha value is -1.55. The van der Waals surface area contributed by atoms with E-state index in [9.17, 15) is 4.79 Å². The van der Waals surface area contributed by atoms with Crippen LogP contribution in [0.4, 0.5) is 0 Å². The smallest absolute Gasteiger partial charge is 0.317 e. The maximum Gasteiger partial charge on any atom is 0.317 e. The third-order valence-electron chi connectivity index (χ3n) is 3.95. The summed E-state index contributed by atoms with van der Waals surface area (Å²) >= 11 is 0. The van der Waals surface area contributed by atoms with Gasteiger partial charge in [0.25, 0.3) is 0 Å². The largest absolute Gasteiger partial charge is 0.488 e. The number of benzene rings is 1. The predicted octanol–water partition coefficient (Wildman–Crippen LogP) is 2.48. The Morgan fingerprint density at radius 2 is 2.30 bits per heavy atom. The number of ether oxygens (including phenoxy) is 1. The first-order chi connectivity index (χ1) is 9.49. The average molecular weight is 277 g/mol. The Morgan fingerprint density at radius 1 is 1.55 bits per heavy atom. The highest BCUT2D eigenvalue weighted by atomic mass is 16.5. The van der Waals surface area contributed by atoms with E-state index in [1.165, 1.54) is 11.1 Å². The highest BCUT2D eigenvalue weighted by molar-refractivity contribution is 5.69. The molecule has 2 rings (SSSR count). The molecule has 0 fully saturated rings. The molecule has 0 saturated heterocycles. The lowest BCUT2D eigenvalue weighted by Crippen LogP contribution is -2.43. The van der Waals surface area contributed by atoms with Crippen molar-refractivity contribution in [2.45, 2.75) is 45.8 Å². The maximum atomic E-state index is 11.0. The normalized spacial score (nSPS) is 18.7. The van der Waals surface area contributed by atoms with Crippen molar-refractivity contribution in [3.05, 3.63) is 29.3 Å². The van der Waals surface area contributed by atoms with Crippen molar-refractivity contribution in [2.24, 2.45) is 0 Å². The summed E-state index contributed by atoms with van der Waals surface area (Å²) in [5, 5.41) is 9.03. The van der Waals surface area contributed by atoms with Crippen LogP contribution >= 0.6 is 0 Å². The molecular formula is C16H23NO3. The van der Waals surface area contributed by atoms with Crippen LogP contribution in [0.3, 0.4) is 0 Å². The third-order valence-corrected chi connectivity index (χ3v) is 3.95. The summed E-state index contributed by atoms with van der Waals surface area (Å²) in [7, 11) is 0. The van der Waals surface area contributed by atoms with Crippen LogP contribution in [-0.2, 0) is 11.2 Å². The van der Waals surface area contributed by atoms with Gasteiger partial charge in [0.1, 0.15) is 11.9 Å². The van der Waals surface area contributed by atoms with Gasteiger partial charge in [-0.2, -0.15) is 0 Å².